The van der Waals surface area contributed by atoms with Crippen molar-refractivity contribution >= 4 is 49.4 Å². The lowest BCUT2D eigenvalue weighted by Gasteiger charge is -2.28. The van der Waals surface area contributed by atoms with Gasteiger partial charge in [0.15, 0.2) is 0 Å². The average Bonchev–Trinajstić information content (AvgIpc) is 2.78. The van der Waals surface area contributed by atoms with Gasteiger partial charge in [-0.25, -0.2) is 0 Å². The predicted molar refractivity (Wildman–Crippen MR) is 81.6 cm³/mol. The van der Waals surface area contributed by atoms with Gasteiger partial charge in [-0.2, -0.15) is 0 Å². The summed E-state index contributed by atoms with van der Waals surface area (Å²) >= 11 is 12.9. The Bertz CT molecular complexity index is 458. The van der Waals surface area contributed by atoms with Crippen molar-refractivity contribution in [2.75, 3.05) is 5.33 Å². The van der Waals surface area contributed by atoms with Crippen LogP contribution in [-0.2, 0) is 0 Å². The van der Waals surface area contributed by atoms with Gasteiger partial charge >= 0.3 is 0 Å². The summed E-state index contributed by atoms with van der Waals surface area (Å²) in [7, 11) is 0. The van der Waals surface area contributed by atoms with Gasteiger partial charge in [0.05, 0.1) is 16.1 Å². The second-order valence-corrected chi connectivity index (χ2v) is 6.58. The van der Waals surface area contributed by atoms with Gasteiger partial charge in [0.1, 0.15) is 0 Å². The molecule has 0 heterocycles. The number of carbonyl (C=O) groups is 1. The molecule has 0 aromatic heterocycles. The first-order valence-electron chi connectivity index (χ1n) is 5.90. The van der Waals surface area contributed by atoms with Crippen LogP contribution < -0.4 is 5.32 Å². The molecule has 1 aliphatic rings. The maximum absolute atomic E-state index is 12.3. The van der Waals surface area contributed by atoms with E-state index in [1.165, 1.54) is 12.8 Å². The predicted octanol–water partition coefficient (Wildman–Crippen LogP) is 4.54. The second kappa shape index (κ2) is 5.93. The van der Waals surface area contributed by atoms with E-state index < -0.39 is 0 Å². The van der Waals surface area contributed by atoms with Crippen molar-refractivity contribution in [1.29, 1.82) is 0 Å². The largest absolute Gasteiger partial charge is 0.346 e. The minimum absolute atomic E-state index is 0.0890. The van der Waals surface area contributed by atoms with Gasteiger partial charge in [-0.3, -0.25) is 4.79 Å². The molecule has 0 saturated heterocycles. The van der Waals surface area contributed by atoms with E-state index in [1.807, 2.05) is 6.07 Å². The molecule has 1 saturated carbocycles. The molecular weight excluding hydrogens is 381 g/mol. The standard InChI is InChI=1S/C13H14Br2ClNO/c14-8-13(5-1-2-6-13)17-12(18)10-4-3-9(15)7-11(10)16/h3-4,7H,1-2,5-6,8H2,(H,17,18). The summed E-state index contributed by atoms with van der Waals surface area (Å²) in [6, 6.07) is 5.32. The SMILES string of the molecule is O=C(NC1(CBr)CCCC1)c1ccc(Br)cc1Cl. The summed E-state index contributed by atoms with van der Waals surface area (Å²) in [5, 5.41) is 4.40. The molecule has 5 heteroatoms. The number of alkyl halides is 1. The van der Waals surface area contributed by atoms with Crippen molar-refractivity contribution in [3.05, 3.63) is 33.3 Å². The summed E-state index contributed by atoms with van der Waals surface area (Å²) in [5.41, 5.74) is 0.431. The molecule has 18 heavy (non-hydrogen) atoms. The van der Waals surface area contributed by atoms with E-state index in [0.717, 1.165) is 22.6 Å². The Morgan fingerprint density at radius 1 is 1.39 bits per heavy atom. The second-order valence-electron chi connectivity index (χ2n) is 4.70. The first kappa shape index (κ1) is 14.4. The summed E-state index contributed by atoms with van der Waals surface area (Å²) in [6.45, 7) is 0. The summed E-state index contributed by atoms with van der Waals surface area (Å²) in [4.78, 5) is 12.3. The first-order chi connectivity index (χ1) is 8.56. The summed E-state index contributed by atoms with van der Waals surface area (Å²) < 4.78 is 0.875. The van der Waals surface area contributed by atoms with Crippen LogP contribution in [-0.4, -0.2) is 16.8 Å². The van der Waals surface area contributed by atoms with Crippen LogP contribution in [0.25, 0.3) is 0 Å². The molecule has 1 N–H and O–H groups in total. The molecule has 98 valence electrons. The van der Waals surface area contributed by atoms with E-state index in [1.54, 1.807) is 12.1 Å². The Hall–Kier alpha value is -0.0600. The lowest BCUT2D eigenvalue weighted by Crippen LogP contribution is -2.47. The lowest BCUT2D eigenvalue weighted by atomic mass is 10.00. The third kappa shape index (κ3) is 3.09. The van der Waals surface area contributed by atoms with E-state index in [-0.39, 0.29) is 11.4 Å². The van der Waals surface area contributed by atoms with Crippen molar-refractivity contribution in [3.63, 3.8) is 0 Å². The molecule has 1 amide bonds. The fourth-order valence-corrected chi connectivity index (χ4v) is 3.79. The maximum Gasteiger partial charge on any atom is 0.253 e. The Balaban J connectivity index is 2.16. The third-order valence-corrected chi connectivity index (χ3v) is 5.25. The van der Waals surface area contributed by atoms with Crippen LogP contribution in [0.4, 0.5) is 0 Å². The smallest absolute Gasteiger partial charge is 0.253 e. The molecule has 0 bridgehead atoms. The van der Waals surface area contributed by atoms with Crippen molar-refractivity contribution in [1.82, 2.24) is 5.32 Å². The Kier molecular flexibility index (Phi) is 4.73. The van der Waals surface area contributed by atoms with Gasteiger partial charge in [0.2, 0.25) is 0 Å². The van der Waals surface area contributed by atoms with Gasteiger partial charge in [-0.15, -0.1) is 0 Å². The van der Waals surface area contributed by atoms with Crippen LogP contribution in [0.15, 0.2) is 22.7 Å². The zero-order valence-electron chi connectivity index (χ0n) is 9.81. The number of nitrogens with one attached hydrogen (secondary N) is 1. The van der Waals surface area contributed by atoms with Crippen LogP contribution in [0.3, 0.4) is 0 Å². The number of amides is 1. The molecule has 0 atom stereocenters. The van der Waals surface area contributed by atoms with Gasteiger partial charge in [-0.05, 0) is 31.0 Å². The zero-order chi connectivity index (χ0) is 13.2. The first-order valence-corrected chi connectivity index (χ1v) is 8.19. The van der Waals surface area contributed by atoms with Crippen LogP contribution in [0, 0.1) is 0 Å². The third-order valence-electron chi connectivity index (χ3n) is 3.37. The van der Waals surface area contributed by atoms with E-state index in [9.17, 15) is 4.79 Å². The van der Waals surface area contributed by atoms with E-state index >= 15 is 0 Å². The van der Waals surface area contributed by atoms with Crippen molar-refractivity contribution in [2.45, 2.75) is 31.2 Å². The van der Waals surface area contributed by atoms with E-state index in [2.05, 4.69) is 37.2 Å². The Labute approximate surface area is 129 Å². The Morgan fingerprint density at radius 3 is 2.61 bits per heavy atom. The average molecular weight is 396 g/mol. The maximum atomic E-state index is 12.3. The van der Waals surface area contributed by atoms with E-state index in [0.29, 0.717) is 10.6 Å². The quantitative estimate of drug-likeness (QED) is 0.748. The van der Waals surface area contributed by atoms with Gasteiger partial charge in [0, 0.05) is 9.80 Å². The highest BCUT2D eigenvalue weighted by molar-refractivity contribution is 9.10. The molecule has 1 fully saturated rings. The molecule has 2 nitrogen and oxygen atoms in total. The molecule has 1 aliphatic carbocycles. The fraction of sp³-hybridized carbons (Fsp3) is 0.462. The number of hydrogen-bond acceptors (Lipinski definition) is 1. The fourth-order valence-electron chi connectivity index (χ4n) is 2.33. The van der Waals surface area contributed by atoms with Crippen LogP contribution >= 0.6 is 43.5 Å². The number of hydrogen-bond donors (Lipinski definition) is 1. The molecule has 0 unspecified atom stereocenters. The van der Waals surface area contributed by atoms with Crippen LogP contribution in [0.2, 0.25) is 5.02 Å². The normalized spacial score (nSPS) is 17.7. The van der Waals surface area contributed by atoms with Crippen LogP contribution in [0.1, 0.15) is 36.0 Å². The molecular formula is C13H14Br2ClNO. The summed E-state index contributed by atoms with van der Waals surface area (Å²) in [5.74, 6) is -0.0890. The Morgan fingerprint density at radius 2 is 2.06 bits per heavy atom. The molecule has 1 aromatic rings. The zero-order valence-corrected chi connectivity index (χ0v) is 13.7. The number of carbonyl (C=O) groups excluding carboxylic acids is 1. The van der Waals surface area contributed by atoms with E-state index in [4.69, 9.17) is 11.6 Å². The van der Waals surface area contributed by atoms with Crippen molar-refractivity contribution < 1.29 is 4.79 Å². The number of halogens is 3. The summed E-state index contributed by atoms with van der Waals surface area (Å²) in [6.07, 6.45) is 4.39. The van der Waals surface area contributed by atoms with Gasteiger partial charge in [0.25, 0.3) is 5.91 Å². The number of benzene rings is 1. The highest BCUT2D eigenvalue weighted by Gasteiger charge is 2.34. The minimum Gasteiger partial charge on any atom is -0.346 e. The molecule has 0 aliphatic heterocycles. The van der Waals surface area contributed by atoms with Crippen LogP contribution in [0.5, 0.6) is 0 Å². The van der Waals surface area contributed by atoms with Crippen molar-refractivity contribution in [3.8, 4) is 0 Å². The van der Waals surface area contributed by atoms with Gasteiger partial charge < -0.3 is 5.32 Å². The topological polar surface area (TPSA) is 29.1 Å². The highest BCUT2D eigenvalue weighted by atomic mass is 79.9. The van der Waals surface area contributed by atoms with Crippen molar-refractivity contribution in [2.24, 2.45) is 0 Å². The van der Waals surface area contributed by atoms with Gasteiger partial charge in [-0.1, -0.05) is 56.3 Å². The molecule has 0 radical (unpaired) electrons. The molecule has 0 spiro atoms. The lowest BCUT2D eigenvalue weighted by molar-refractivity contribution is 0.0910. The minimum atomic E-state index is -0.104. The number of rotatable bonds is 3. The molecule has 1 aromatic carbocycles. The highest BCUT2D eigenvalue weighted by Crippen LogP contribution is 2.32. The monoisotopic (exact) mass is 393 g/mol. The molecule has 2 rings (SSSR count).